The molecule has 0 aliphatic rings. The van der Waals surface area contributed by atoms with E-state index in [0.717, 1.165) is 21.5 Å². The Balaban J connectivity index is 1.61. The van der Waals surface area contributed by atoms with Gasteiger partial charge in [0, 0.05) is 0 Å². The summed E-state index contributed by atoms with van der Waals surface area (Å²) in [6.07, 6.45) is 0. The number of carbonyl (C=O) groups is 1. The molecule has 0 aliphatic heterocycles. The van der Waals surface area contributed by atoms with Crippen molar-refractivity contribution in [2.45, 2.75) is 6.54 Å². The second kappa shape index (κ2) is 9.49. The predicted octanol–water partition coefficient (Wildman–Crippen LogP) is 4.93. The average Bonchev–Trinajstić information content (AvgIpc) is 3.24. The topological polar surface area (TPSA) is 60.9 Å². The van der Waals surface area contributed by atoms with Crippen LogP contribution in [0, 0.1) is 0 Å². The van der Waals surface area contributed by atoms with Crippen LogP contribution in [0.25, 0.3) is 10.2 Å². The van der Waals surface area contributed by atoms with Crippen LogP contribution in [0.5, 0.6) is 17.2 Å². The van der Waals surface area contributed by atoms with Crippen molar-refractivity contribution in [3.63, 3.8) is 0 Å². The smallest absolute Gasteiger partial charge is 0.267 e. The highest BCUT2D eigenvalue weighted by molar-refractivity contribution is 7.22. The van der Waals surface area contributed by atoms with E-state index in [0.29, 0.717) is 23.2 Å². The van der Waals surface area contributed by atoms with Gasteiger partial charge < -0.3 is 14.2 Å². The first kappa shape index (κ1) is 20.7. The van der Waals surface area contributed by atoms with Gasteiger partial charge in [-0.05, 0) is 35.9 Å². The average molecular weight is 435 g/mol. The van der Waals surface area contributed by atoms with E-state index in [4.69, 9.17) is 14.2 Å². The lowest BCUT2D eigenvalue weighted by Gasteiger charge is -2.20. The van der Waals surface area contributed by atoms with Gasteiger partial charge in [-0.3, -0.25) is 9.69 Å². The van der Waals surface area contributed by atoms with Crippen molar-refractivity contribution < 1.29 is 19.0 Å². The second-order valence-corrected chi connectivity index (χ2v) is 7.74. The van der Waals surface area contributed by atoms with E-state index in [1.54, 1.807) is 31.3 Å². The first-order valence-electron chi connectivity index (χ1n) is 9.72. The standard InChI is InChI=1S/C24H22N2O4S/c1-28-18-12-13-19-22(14-18)31-24(25-19)26(15-17-8-4-3-5-9-17)23(27)16-30-21-11-7-6-10-20(21)29-2/h3-14H,15-16H2,1-2H3. The molecule has 7 heteroatoms. The van der Waals surface area contributed by atoms with E-state index in [1.807, 2.05) is 60.7 Å². The van der Waals surface area contributed by atoms with Crippen molar-refractivity contribution in [3.05, 3.63) is 78.4 Å². The Morgan fingerprint density at radius 1 is 0.935 bits per heavy atom. The number of fused-ring (bicyclic) bond motifs is 1. The number of anilines is 1. The highest BCUT2D eigenvalue weighted by Gasteiger charge is 2.21. The van der Waals surface area contributed by atoms with Crippen LogP contribution < -0.4 is 19.1 Å². The van der Waals surface area contributed by atoms with Crippen LogP contribution in [0.1, 0.15) is 5.56 Å². The quantitative estimate of drug-likeness (QED) is 0.394. The molecular weight excluding hydrogens is 412 g/mol. The van der Waals surface area contributed by atoms with Crippen molar-refractivity contribution >= 4 is 32.6 Å². The number of nitrogens with zero attached hydrogens (tertiary/aromatic N) is 2. The fraction of sp³-hybridized carbons (Fsp3) is 0.167. The SMILES string of the molecule is COc1ccc2nc(N(Cc3ccccc3)C(=O)COc3ccccc3OC)sc2c1. The number of carbonyl (C=O) groups excluding carboxylic acids is 1. The fourth-order valence-electron chi connectivity index (χ4n) is 3.12. The molecule has 0 bridgehead atoms. The van der Waals surface area contributed by atoms with Crippen molar-refractivity contribution in [1.82, 2.24) is 4.98 Å². The Hall–Kier alpha value is -3.58. The van der Waals surface area contributed by atoms with Gasteiger partial charge in [-0.1, -0.05) is 53.8 Å². The van der Waals surface area contributed by atoms with Crippen LogP contribution in [0.2, 0.25) is 0 Å². The minimum atomic E-state index is -0.194. The lowest BCUT2D eigenvalue weighted by Crippen LogP contribution is -2.34. The lowest BCUT2D eigenvalue weighted by atomic mass is 10.2. The zero-order valence-electron chi connectivity index (χ0n) is 17.3. The molecule has 0 fully saturated rings. The van der Waals surface area contributed by atoms with Gasteiger partial charge in [0.25, 0.3) is 5.91 Å². The van der Waals surface area contributed by atoms with E-state index in [2.05, 4.69) is 4.98 Å². The number of aromatic nitrogens is 1. The number of benzene rings is 3. The van der Waals surface area contributed by atoms with E-state index >= 15 is 0 Å². The molecule has 0 N–H and O–H groups in total. The third kappa shape index (κ3) is 4.78. The third-order valence-corrected chi connectivity index (χ3v) is 5.76. The Labute approximate surface area is 184 Å². The van der Waals surface area contributed by atoms with Crippen molar-refractivity contribution in [2.75, 3.05) is 25.7 Å². The summed E-state index contributed by atoms with van der Waals surface area (Å²) >= 11 is 1.45. The van der Waals surface area contributed by atoms with Gasteiger partial charge in [0.1, 0.15) is 5.75 Å². The molecule has 0 radical (unpaired) electrons. The number of ether oxygens (including phenoxy) is 3. The molecule has 0 unspecified atom stereocenters. The maximum atomic E-state index is 13.2. The Morgan fingerprint density at radius 2 is 1.68 bits per heavy atom. The van der Waals surface area contributed by atoms with Gasteiger partial charge in [0.2, 0.25) is 0 Å². The molecule has 1 aromatic heterocycles. The number of thiazole rings is 1. The van der Waals surface area contributed by atoms with Crippen LogP contribution in [0.4, 0.5) is 5.13 Å². The summed E-state index contributed by atoms with van der Waals surface area (Å²) in [5, 5.41) is 0.612. The minimum absolute atomic E-state index is 0.132. The molecule has 1 amide bonds. The maximum Gasteiger partial charge on any atom is 0.267 e. The molecule has 0 saturated heterocycles. The number of rotatable bonds is 8. The van der Waals surface area contributed by atoms with Crippen LogP contribution in [-0.4, -0.2) is 31.7 Å². The molecule has 3 aromatic carbocycles. The number of hydrogen-bond donors (Lipinski definition) is 0. The number of methoxy groups -OCH3 is 2. The van der Waals surface area contributed by atoms with Gasteiger partial charge >= 0.3 is 0 Å². The molecule has 6 nitrogen and oxygen atoms in total. The van der Waals surface area contributed by atoms with Gasteiger partial charge in [0.05, 0.1) is 31.0 Å². The van der Waals surface area contributed by atoms with Crippen LogP contribution in [0.15, 0.2) is 72.8 Å². The molecule has 31 heavy (non-hydrogen) atoms. The van der Waals surface area contributed by atoms with Crippen molar-refractivity contribution in [2.24, 2.45) is 0 Å². The van der Waals surface area contributed by atoms with Crippen molar-refractivity contribution in [3.8, 4) is 17.2 Å². The van der Waals surface area contributed by atoms with E-state index in [9.17, 15) is 4.79 Å². The third-order valence-electron chi connectivity index (χ3n) is 4.72. The molecule has 0 aliphatic carbocycles. The van der Waals surface area contributed by atoms with Gasteiger partial charge in [0.15, 0.2) is 23.2 Å². The highest BCUT2D eigenvalue weighted by Crippen LogP contribution is 2.32. The van der Waals surface area contributed by atoms with E-state index < -0.39 is 0 Å². The molecule has 158 valence electrons. The number of hydrogen-bond acceptors (Lipinski definition) is 6. The fourth-order valence-corrected chi connectivity index (χ4v) is 4.13. The van der Waals surface area contributed by atoms with E-state index in [1.165, 1.54) is 11.3 Å². The largest absolute Gasteiger partial charge is 0.497 e. The number of amides is 1. The van der Waals surface area contributed by atoms with Crippen LogP contribution >= 0.6 is 11.3 Å². The Kier molecular flexibility index (Phi) is 6.33. The summed E-state index contributed by atoms with van der Waals surface area (Å²) in [5.74, 6) is 1.66. The molecule has 1 heterocycles. The number of para-hydroxylation sites is 2. The summed E-state index contributed by atoms with van der Waals surface area (Å²) in [6, 6.07) is 22.8. The zero-order chi connectivity index (χ0) is 21.6. The summed E-state index contributed by atoms with van der Waals surface area (Å²) < 4.78 is 17.4. The summed E-state index contributed by atoms with van der Waals surface area (Å²) in [4.78, 5) is 19.6. The normalized spacial score (nSPS) is 10.6. The summed E-state index contributed by atoms with van der Waals surface area (Å²) in [5.41, 5.74) is 1.82. The zero-order valence-corrected chi connectivity index (χ0v) is 18.1. The molecular formula is C24H22N2O4S. The molecule has 4 aromatic rings. The molecule has 4 rings (SSSR count). The van der Waals surface area contributed by atoms with E-state index in [-0.39, 0.29) is 12.5 Å². The maximum absolute atomic E-state index is 13.2. The molecule has 0 atom stereocenters. The monoisotopic (exact) mass is 434 g/mol. The Bertz CT molecular complexity index is 1180. The highest BCUT2D eigenvalue weighted by atomic mass is 32.1. The van der Waals surface area contributed by atoms with Crippen molar-refractivity contribution in [1.29, 1.82) is 0 Å². The molecule has 0 saturated carbocycles. The van der Waals surface area contributed by atoms with Gasteiger partial charge in [-0.2, -0.15) is 0 Å². The van der Waals surface area contributed by atoms with Crippen LogP contribution in [0.3, 0.4) is 0 Å². The predicted molar refractivity (Wildman–Crippen MR) is 122 cm³/mol. The summed E-state index contributed by atoms with van der Waals surface area (Å²) in [7, 11) is 3.20. The van der Waals surface area contributed by atoms with Crippen LogP contribution in [-0.2, 0) is 11.3 Å². The first-order valence-corrected chi connectivity index (χ1v) is 10.5. The van der Waals surface area contributed by atoms with Gasteiger partial charge in [-0.15, -0.1) is 0 Å². The first-order chi connectivity index (χ1) is 15.2. The summed E-state index contributed by atoms with van der Waals surface area (Å²) in [6.45, 7) is 0.262. The van der Waals surface area contributed by atoms with Gasteiger partial charge in [-0.25, -0.2) is 4.98 Å². The molecule has 0 spiro atoms. The second-order valence-electron chi connectivity index (χ2n) is 6.74. The lowest BCUT2D eigenvalue weighted by molar-refractivity contribution is -0.120. The Morgan fingerprint density at radius 3 is 2.42 bits per heavy atom. The minimum Gasteiger partial charge on any atom is -0.497 e.